The van der Waals surface area contributed by atoms with Crippen LogP contribution in [0.3, 0.4) is 0 Å². The first-order valence-corrected chi connectivity index (χ1v) is 7.03. The van der Waals surface area contributed by atoms with Crippen LogP contribution in [0.4, 0.5) is 10.1 Å². The highest BCUT2D eigenvalue weighted by atomic mass is 19.1. The van der Waals surface area contributed by atoms with Gasteiger partial charge in [-0.25, -0.2) is 4.39 Å². The Kier molecular flexibility index (Phi) is 4.90. The number of benzene rings is 1. The molecule has 1 heterocycles. The van der Waals surface area contributed by atoms with E-state index in [0.717, 1.165) is 12.1 Å². The highest BCUT2D eigenvalue weighted by Crippen LogP contribution is 2.25. The van der Waals surface area contributed by atoms with E-state index in [0.29, 0.717) is 18.2 Å². The first-order valence-electron chi connectivity index (χ1n) is 7.03. The number of halogens is 1. The maximum absolute atomic E-state index is 14.2. The molecule has 2 rings (SSSR count). The van der Waals surface area contributed by atoms with E-state index in [4.69, 9.17) is 0 Å². The summed E-state index contributed by atoms with van der Waals surface area (Å²) in [7, 11) is 0. The zero-order valence-electron chi connectivity index (χ0n) is 12.3. The molecule has 1 aliphatic heterocycles. The average molecular weight is 293 g/mol. The van der Waals surface area contributed by atoms with Crippen LogP contribution in [0, 0.1) is 11.7 Å². The molecule has 1 aliphatic rings. The highest BCUT2D eigenvalue weighted by Gasteiger charge is 2.26. The van der Waals surface area contributed by atoms with E-state index >= 15 is 0 Å². The lowest BCUT2D eigenvalue weighted by atomic mass is 10.1. The monoisotopic (exact) mass is 293 g/mol. The van der Waals surface area contributed by atoms with Gasteiger partial charge in [-0.3, -0.25) is 14.9 Å². The van der Waals surface area contributed by atoms with Gasteiger partial charge < -0.3 is 10.2 Å². The Labute approximate surface area is 123 Å². The van der Waals surface area contributed by atoms with E-state index in [-0.39, 0.29) is 13.1 Å². The predicted octanol–water partition coefficient (Wildman–Crippen LogP) is 1.03. The van der Waals surface area contributed by atoms with Gasteiger partial charge in [-0.05, 0) is 24.1 Å². The lowest BCUT2D eigenvalue weighted by Gasteiger charge is -2.29. The standard InChI is InChI=1S/C15H20FN3O2/c1-10(2)6-17-7-11-4-3-5-12(16)15(11)19-8-13(20)18-14(21)9-19/h3-5,10,17H,6-9H2,1-2H3,(H,18,20,21). The van der Waals surface area contributed by atoms with Gasteiger partial charge in [-0.1, -0.05) is 26.0 Å². The summed E-state index contributed by atoms with van der Waals surface area (Å²) in [5, 5.41) is 5.47. The second kappa shape index (κ2) is 6.67. The van der Waals surface area contributed by atoms with Crippen molar-refractivity contribution < 1.29 is 14.0 Å². The predicted molar refractivity (Wildman–Crippen MR) is 78.3 cm³/mol. The summed E-state index contributed by atoms with van der Waals surface area (Å²) in [6.07, 6.45) is 0. The molecule has 0 spiro atoms. The molecule has 0 aromatic heterocycles. The van der Waals surface area contributed by atoms with Crippen LogP contribution in [0.5, 0.6) is 0 Å². The molecule has 0 aliphatic carbocycles. The molecular formula is C15H20FN3O2. The Morgan fingerprint density at radius 2 is 1.95 bits per heavy atom. The molecule has 114 valence electrons. The van der Waals surface area contributed by atoms with Gasteiger partial charge in [-0.2, -0.15) is 0 Å². The van der Waals surface area contributed by atoms with Crippen LogP contribution in [0.1, 0.15) is 19.4 Å². The summed E-state index contributed by atoms with van der Waals surface area (Å²) in [6.45, 7) is 5.47. The van der Waals surface area contributed by atoms with Crippen LogP contribution in [0.25, 0.3) is 0 Å². The Morgan fingerprint density at radius 1 is 1.29 bits per heavy atom. The number of imide groups is 1. The van der Waals surface area contributed by atoms with E-state index < -0.39 is 17.6 Å². The molecule has 1 saturated heterocycles. The van der Waals surface area contributed by atoms with Crippen LogP contribution in [-0.4, -0.2) is 31.4 Å². The van der Waals surface area contributed by atoms with Crippen LogP contribution in [-0.2, 0) is 16.1 Å². The second-order valence-corrected chi connectivity index (χ2v) is 5.60. The maximum Gasteiger partial charge on any atom is 0.246 e. The normalized spacial score (nSPS) is 15.5. The number of anilines is 1. The van der Waals surface area contributed by atoms with Crippen LogP contribution < -0.4 is 15.5 Å². The van der Waals surface area contributed by atoms with Gasteiger partial charge in [0.05, 0.1) is 18.8 Å². The van der Waals surface area contributed by atoms with Crippen molar-refractivity contribution >= 4 is 17.5 Å². The summed E-state index contributed by atoms with van der Waals surface area (Å²) < 4.78 is 14.2. The summed E-state index contributed by atoms with van der Waals surface area (Å²) in [5.41, 5.74) is 1.08. The van der Waals surface area contributed by atoms with Crippen molar-refractivity contribution in [2.24, 2.45) is 5.92 Å². The minimum atomic E-state index is -0.415. The summed E-state index contributed by atoms with van der Waals surface area (Å²) in [6, 6.07) is 4.79. The average Bonchev–Trinajstić information content (AvgIpc) is 2.37. The molecular weight excluding hydrogens is 273 g/mol. The molecule has 6 heteroatoms. The molecule has 1 aromatic carbocycles. The zero-order chi connectivity index (χ0) is 15.4. The topological polar surface area (TPSA) is 61.4 Å². The number of rotatable bonds is 5. The fourth-order valence-corrected chi connectivity index (χ4v) is 2.35. The minimum absolute atomic E-state index is 0.0101. The number of amides is 2. The van der Waals surface area contributed by atoms with Crippen molar-refractivity contribution in [3.63, 3.8) is 0 Å². The van der Waals surface area contributed by atoms with Crippen molar-refractivity contribution in [2.75, 3.05) is 24.5 Å². The summed E-state index contributed by atoms with van der Waals surface area (Å²) in [5.74, 6) is -0.739. The molecule has 5 nitrogen and oxygen atoms in total. The summed E-state index contributed by atoms with van der Waals surface area (Å²) in [4.78, 5) is 24.4. The van der Waals surface area contributed by atoms with Gasteiger partial charge in [0, 0.05) is 6.54 Å². The van der Waals surface area contributed by atoms with Gasteiger partial charge in [0.2, 0.25) is 11.8 Å². The van der Waals surface area contributed by atoms with Crippen molar-refractivity contribution in [1.82, 2.24) is 10.6 Å². The maximum atomic E-state index is 14.2. The number of nitrogens with zero attached hydrogens (tertiary/aromatic N) is 1. The van der Waals surface area contributed by atoms with Crippen molar-refractivity contribution in [1.29, 1.82) is 0 Å². The molecule has 0 unspecified atom stereocenters. The number of carbonyl (C=O) groups excluding carboxylic acids is 2. The Morgan fingerprint density at radius 3 is 2.57 bits per heavy atom. The van der Waals surface area contributed by atoms with Crippen LogP contribution >= 0.6 is 0 Å². The third-order valence-electron chi connectivity index (χ3n) is 3.20. The molecule has 0 radical (unpaired) electrons. The number of piperazine rings is 1. The Balaban J connectivity index is 2.20. The molecule has 2 N–H and O–H groups in total. The summed E-state index contributed by atoms with van der Waals surface area (Å²) >= 11 is 0. The van der Waals surface area contributed by atoms with E-state index in [9.17, 15) is 14.0 Å². The number of carbonyl (C=O) groups is 2. The number of hydrogen-bond donors (Lipinski definition) is 2. The third kappa shape index (κ3) is 4.01. The number of nitrogens with one attached hydrogen (secondary N) is 2. The van der Waals surface area contributed by atoms with Crippen molar-refractivity contribution in [2.45, 2.75) is 20.4 Å². The van der Waals surface area contributed by atoms with E-state index in [1.165, 1.54) is 11.0 Å². The fourth-order valence-electron chi connectivity index (χ4n) is 2.35. The number of hydrogen-bond acceptors (Lipinski definition) is 4. The fraction of sp³-hybridized carbons (Fsp3) is 0.467. The molecule has 2 amide bonds. The number of para-hydroxylation sites is 1. The quantitative estimate of drug-likeness (QED) is 0.796. The van der Waals surface area contributed by atoms with E-state index in [2.05, 4.69) is 24.5 Å². The smallest absolute Gasteiger partial charge is 0.246 e. The minimum Gasteiger partial charge on any atom is -0.350 e. The molecule has 1 aromatic rings. The van der Waals surface area contributed by atoms with Crippen molar-refractivity contribution in [3.05, 3.63) is 29.6 Å². The SMILES string of the molecule is CC(C)CNCc1cccc(F)c1N1CC(=O)NC(=O)C1. The lowest BCUT2D eigenvalue weighted by molar-refractivity contribution is -0.130. The molecule has 0 bridgehead atoms. The largest absolute Gasteiger partial charge is 0.350 e. The molecule has 0 saturated carbocycles. The first-order chi connectivity index (χ1) is 9.97. The van der Waals surface area contributed by atoms with Crippen molar-refractivity contribution in [3.8, 4) is 0 Å². The van der Waals surface area contributed by atoms with E-state index in [1.54, 1.807) is 6.07 Å². The second-order valence-electron chi connectivity index (χ2n) is 5.60. The zero-order valence-corrected chi connectivity index (χ0v) is 12.3. The van der Waals surface area contributed by atoms with Gasteiger partial charge in [0.15, 0.2) is 0 Å². The van der Waals surface area contributed by atoms with Gasteiger partial charge in [0.1, 0.15) is 5.82 Å². The first kappa shape index (κ1) is 15.4. The third-order valence-corrected chi connectivity index (χ3v) is 3.20. The highest BCUT2D eigenvalue weighted by molar-refractivity contribution is 6.02. The Hall–Kier alpha value is -1.95. The Bertz CT molecular complexity index is 530. The van der Waals surface area contributed by atoms with Crippen LogP contribution in [0.15, 0.2) is 18.2 Å². The van der Waals surface area contributed by atoms with E-state index in [1.807, 2.05) is 6.07 Å². The molecule has 21 heavy (non-hydrogen) atoms. The van der Waals surface area contributed by atoms with Crippen LogP contribution in [0.2, 0.25) is 0 Å². The lowest BCUT2D eigenvalue weighted by Crippen LogP contribution is -2.52. The molecule has 1 fully saturated rings. The van der Waals surface area contributed by atoms with Gasteiger partial charge in [0.25, 0.3) is 0 Å². The van der Waals surface area contributed by atoms with Gasteiger partial charge in [-0.15, -0.1) is 0 Å². The molecule has 0 atom stereocenters. The van der Waals surface area contributed by atoms with Gasteiger partial charge >= 0.3 is 0 Å².